The minimum atomic E-state index is 0.377. The van der Waals surface area contributed by atoms with Crippen molar-refractivity contribution in [3.63, 3.8) is 0 Å². The lowest BCUT2D eigenvalue weighted by atomic mass is 9.97. The van der Waals surface area contributed by atoms with E-state index < -0.39 is 0 Å². The van der Waals surface area contributed by atoms with Gasteiger partial charge in [0.1, 0.15) is 17.5 Å². The predicted octanol–water partition coefficient (Wildman–Crippen LogP) is 1.77. The van der Waals surface area contributed by atoms with Gasteiger partial charge in [0.15, 0.2) is 0 Å². The average molecular weight is 220 g/mol. The summed E-state index contributed by atoms with van der Waals surface area (Å²) in [5, 5.41) is 3.37. The Morgan fingerprint density at radius 3 is 2.44 bits per heavy atom. The van der Waals surface area contributed by atoms with Crippen LogP contribution in [0.15, 0.2) is 0 Å². The normalized spacial score (nSPS) is 18.0. The minimum Gasteiger partial charge on any atom is -0.317 e. The fourth-order valence-corrected chi connectivity index (χ4v) is 2.04. The van der Waals surface area contributed by atoms with Gasteiger partial charge < -0.3 is 5.32 Å². The fourth-order valence-electron chi connectivity index (χ4n) is 2.04. The standard InChI is InChI=1S/C12H20N4/c1-8(2)11-14-9(3)15-12(16-11)10-4-6-13-7-5-10/h8,10,13H,4-7H2,1-3H3. The maximum atomic E-state index is 4.61. The second-order valence-corrected chi connectivity index (χ2v) is 4.78. The molecule has 1 aliphatic rings. The number of nitrogens with one attached hydrogen (secondary N) is 1. The summed E-state index contributed by atoms with van der Waals surface area (Å²) in [6, 6.07) is 0. The molecule has 1 N–H and O–H groups in total. The van der Waals surface area contributed by atoms with Gasteiger partial charge in [-0.25, -0.2) is 15.0 Å². The van der Waals surface area contributed by atoms with E-state index >= 15 is 0 Å². The van der Waals surface area contributed by atoms with Crippen molar-refractivity contribution in [2.24, 2.45) is 0 Å². The molecule has 1 aromatic rings. The average Bonchev–Trinajstić information content (AvgIpc) is 2.29. The largest absolute Gasteiger partial charge is 0.317 e. The van der Waals surface area contributed by atoms with Crippen LogP contribution in [0.3, 0.4) is 0 Å². The molecule has 1 fully saturated rings. The van der Waals surface area contributed by atoms with Crippen LogP contribution in [0.5, 0.6) is 0 Å². The van der Waals surface area contributed by atoms with E-state index in [1.165, 1.54) is 0 Å². The molecule has 4 nitrogen and oxygen atoms in total. The number of aromatic nitrogens is 3. The van der Waals surface area contributed by atoms with E-state index in [4.69, 9.17) is 0 Å². The molecule has 4 heteroatoms. The molecule has 0 bridgehead atoms. The van der Waals surface area contributed by atoms with E-state index in [2.05, 4.69) is 34.1 Å². The van der Waals surface area contributed by atoms with Gasteiger partial charge in [0.05, 0.1) is 0 Å². The number of hydrogen-bond acceptors (Lipinski definition) is 4. The highest BCUT2D eigenvalue weighted by molar-refractivity contribution is 5.05. The van der Waals surface area contributed by atoms with E-state index in [1.54, 1.807) is 0 Å². The van der Waals surface area contributed by atoms with Gasteiger partial charge in [0, 0.05) is 11.8 Å². The maximum Gasteiger partial charge on any atom is 0.135 e. The van der Waals surface area contributed by atoms with E-state index in [-0.39, 0.29) is 0 Å². The van der Waals surface area contributed by atoms with Gasteiger partial charge in [-0.05, 0) is 32.9 Å². The molecule has 1 saturated heterocycles. The summed E-state index contributed by atoms with van der Waals surface area (Å²) >= 11 is 0. The maximum absolute atomic E-state index is 4.61. The summed E-state index contributed by atoms with van der Waals surface area (Å²) in [6.07, 6.45) is 2.28. The topological polar surface area (TPSA) is 50.7 Å². The lowest BCUT2D eigenvalue weighted by Gasteiger charge is -2.22. The number of nitrogens with zero attached hydrogens (tertiary/aromatic N) is 3. The van der Waals surface area contributed by atoms with Crippen molar-refractivity contribution in [1.29, 1.82) is 0 Å². The Morgan fingerprint density at radius 1 is 1.12 bits per heavy atom. The first-order chi connectivity index (χ1) is 7.66. The van der Waals surface area contributed by atoms with Crippen LogP contribution in [-0.4, -0.2) is 28.0 Å². The summed E-state index contributed by atoms with van der Waals surface area (Å²) < 4.78 is 0. The smallest absolute Gasteiger partial charge is 0.135 e. The zero-order valence-corrected chi connectivity index (χ0v) is 10.3. The zero-order valence-electron chi connectivity index (χ0n) is 10.3. The monoisotopic (exact) mass is 220 g/mol. The number of piperidine rings is 1. The molecular formula is C12H20N4. The predicted molar refractivity (Wildman–Crippen MR) is 63.5 cm³/mol. The van der Waals surface area contributed by atoms with Crippen molar-refractivity contribution >= 4 is 0 Å². The van der Waals surface area contributed by atoms with Crippen LogP contribution < -0.4 is 5.32 Å². The molecule has 0 atom stereocenters. The van der Waals surface area contributed by atoms with Gasteiger partial charge in [-0.3, -0.25) is 0 Å². The van der Waals surface area contributed by atoms with Crippen LogP contribution in [0.25, 0.3) is 0 Å². The first kappa shape index (κ1) is 11.5. The van der Waals surface area contributed by atoms with Crippen molar-refractivity contribution < 1.29 is 0 Å². The molecule has 0 unspecified atom stereocenters. The molecule has 88 valence electrons. The molecule has 16 heavy (non-hydrogen) atoms. The van der Waals surface area contributed by atoms with Gasteiger partial charge >= 0.3 is 0 Å². The molecule has 1 aromatic heterocycles. The lowest BCUT2D eigenvalue weighted by molar-refractivity contribution is 0.440. The number of aryl methyl sites for hydroxylation is 1. The van der Waals surface area contributed by atoms with Crippen molar-refractivity contribution in [1.82, 2.24) is 20.3 Å². The van der Waals surface area contributed by atoms with Crippen LogP contribution in [-0.2, 0) is 0 Å². The Kier molecular flexibility index (Phi) is 3.49. The molecule has 0 saturated carbocycles. The van der Waals surface area contributed by atoms with Gasteiger partial charge in [0.25, 0.3) is 0 Å². The Labute approximate surface area is 96.9 Å². The van der Waals surface area contributed by atoms with Gasteiger partial charge in [-0.2, -0.15) is 0 Å². The van der Waals surface area contributed by atoms with Crippen LogP contribution in [0, 0.1) is 6.92 Å². The van der Waals surface area contributed by atoms with Crippen LogP contribution >= 0.6 is 0 Å². The van der Waals surface area contributed by atoms with Crippen LogP contribution in [0.2, 0.25) is 0 Å². The third-order valence-corrected chi connectivity index (χ3v) is 3.00. The van der Waals surface area contributed by atoms with E-state index in [0.29, 0.717) is 11.8 Å². The molecule has 0 spiro atoms. The third kappa shape index (κ3) is 2.55. The Bertz CT molecular complexity index is 356. The third-order valence-electron chi connectivity index (χ3n) is 3.00. The highest BCUT2D eigenvalue weighted by atomic mass is 15.0. The van der Waals surface area contributed by atoms with Gasteiger partial charge in [-0.15, -0.1) is 0 Å². The molecule has 2 heterocycles. The minimum absolute atomic E-state index is 0.377. The molecule has 1 aliphatic heterocycles. The number of rotatable bonds is 2. The second-order valence-electron chi connectivity index (χ2n) is 4.78. The Balaban J connectivity index is 2.25. The summed E-state index contributed by atoms with van der Waals surface area (Å²) in [5.74, 6) is 3.67. The lowest BCUT2D eigenvalue weighted by Crippen LogP contribution is -2.28. The summed E-state index contributed by atoms with van der Waals surface area (Å²) in [5.41, 5.74) is 0. The van der Waals surface area contributed by atoms with Crippen molar-refractivity contribution in [3.05, 3.63) is 17.5 Å². The quantitative estimate of drug-likeness (QED) is 0.825. The van der Waals surface area contributed by atoms with E-state index in [0.717, 1.165) is 43.4 Å². The first-order valence-corrected chi connectivity index (χ1v) is 6.10. The van der Waals surface area contributed by atoms with E-state index in [9.17, 15) is 0 Å². The van der Waals surface area contributed by atoms with Gasteiger partial charge in [0.2, 0.25) is 0 Å². The Hall–Kier alpha value is -1.03. The molecule has 0 aliphatic carbocycles. The SMILES string of the molecule is Cc1nc(C(C)C)nc(C2CCNCC2)n1. The van der Waals surface area contributed by atoms with Gasteiger partial charge in [-0.1, -0.05) is 13.8 Å². The van der Waals surface area contributed by atoms with E-state index in [1.807, 2.05) is 6.92 Å². The molecule has 2 rings (SSSR count). The summed E-state index contributed by atoms with van der Waals surface area (Å²) in [7, 11) is 0. The molecule has 0 aromatic carbocycles. The number of hydrogen-bond donors (Lipinski definition) is 1. The highest BCUT2D eigenvalue weighted by Gasteiger charge is 2.19. The fraction of sp³-hybridized carbons (Fsp3) is 0.750. The Morgan fingerprint density at radius 2 is 1.81 bits per heavy atom. The summed E-state index contributed by atoms with van der Waals surface area (Å²) in [4.78, 5) is 13.5. The zero-order chi connectivity index (χ0) is 11.5. The molecular weight excluding hydrogens is 200 g/mol. The van der Waals surface area contributed by atoms with Crippen molar-refractivity contribution in [2.45, 2.75) is 45.4 Å². The molecule has 0 radical (unpaired) electrons. The van der Waals surface area contributed by atoms with Crippen LogP contribution in [0.1, 0.15) is 56.0 Å². The second kappa shape index (κ2) is 4.87. The highest BCUT2D eigenvalue weighted by Crippen LogP contribution is 2.22. The first-order valence-electron chi connectivity index (χ1n) is 6.10. The summed E-state index contributed by atoms with van der Waals surface area (Å²) in [6.45, 7) is 8.36. The van der Waals surface area contributed by atoms with Crippen molar-refractivity contribution in [2.75, 3.05) is 13.1 Å². The van der Waals surface area contributed by atoms with Crippen molar-refractivity contribution in [3.8, 4) is 0 Å². The van der Waals surface area contributed by atoms with Crippen LogP contribution in [0.4, 0.5) is 0 Å². The molecule has 0 amide bonds.